The summed E-state index contributed by atoms with van der Waals surface area (Å²) in [4.78, 5) is 24.7. The van der Waals surface area contributed by atoms with Crippen molar-refractivity contribution in [1.29, 1.82) is 0 Å². The van der Waals surface area contributed by atoms with Gasteiger partial charge < -0.3 is 24.7 Å². The molecule has 0 unspecified atom stereocenters. The van der Waals surface area contributed by atoms with Crippen molar-refractivity contribution >= 4 is 29.3 Å². The van der Waals surface area contributed by atoms with Gasteiger partial charge in [-0.25, -0.2) is 4.39 Å². The smallest absolute Gasteiger partial charge is 0.251 e. The van der Waals surface area contributed by atoms with Gasteiger partial charge in [0.15, 0.2) is 22.5 Å². The summed E-state index contributed by atoms with van der Waals surface area (Å²) >= 11 is 1.18. The number of rotatable bonds is 10. The van der Waals surface area contributed by atoms with Crippen molar-refractivity contribution in [1.82, 2.24) is 20.1 Å². The molecule has 0 aliphatic rings. The number of amides is 2. The Labute approximate surface area is 194 Å². The number of hydrogen-bond donors (Lipinski definition) is 2. The van der Waals surface area contributed by atoms with Crippen LogP contribution in [0.4, 0.5) is 10.1 Å². The molecule has 1 aromatic heterocycles. The van der Waals surface area contributed by atoms with E-state index in [2.05, 4.69) is 20.8 Å². The number of carbonyl (C=O) groups is 2. The normalized spacial score (nSPS) is 10.5. The Kier molecular flexibility index (Phi) is 8.25. The van der Waals surface area contributed by atoms with E-state index in [4.69, 9.17) is 9.47 Å². The number of nitrogens with one attached hydrogen (secondary N) is 2. The van der Waals surface area contributed by atoms with Gasteiger partial charge >= 0.3 is 0 Å². The summed E-state index contributed by atoms with van der Waals surface area (Å²) in [6.45, 7) is 2.61. The molecule has 0 aliphatic heterocycles. The van der Waals surface area contributed by atoms with E-state index in [1.54, 1.807) is 34.9 Å². The highest BCUT2D eigenvalue weighted by Crippen LogP contribution is 2.27. The van der Waals surface area contributed by atoms with Gasteiger partial charge in [-0.3, -0.25) is 9.59 Å². The summed E-state index contributed by atoms with van der Waals surface area (Å²) in [6, 6.07) is 10.8. The third-order valence-electron chi connectivity index (χ3n) is 4.64. The van der Waals surface area contributed by atoms with Crippen molar-refractivity contribution in [2.75, 3.05) is 25.3 Å². The first-order chi connectivity index (χ1) is 16.0. The summed E-state index contributed by atoms with van der Waals surface area (Å²) in [6.07, 6.45) is 0. The van der Waals surface area contributed by atoms with Crippen LogP contribution in [0.15, 0.2) is 47.6 Å². The third-order valence-corrected chi connectivity index (χ3v) is 5.61. The van der Waals surface area contributed by atoms with E-state index in [0.717, 1.165) is 0 Å². The second-order valence-corrected chi connectivity index (χ2v) is 7.65. The lowest BCUT2D eigenvalue weighted by Gasteiger charge is -2.11. The Morgan fingerprint density at radius 1 is 1.09 bits per heavy atom. The number of nitrogens with zero attached hydrogens (tertiary/aromatic N) is 3. The fourth-order valence-corrected chi connectivity index (χ4v) is 3.81. The predicted molar refractivity (Wildman–Crippen MR) is 122 cm³/mol. The quantitative estimate of drug-likeness (QED) is 0.436. The van der Waals surface area contributed by atoms with Crippen molar-refractivity contribution in [3.63, 3.8) is 0 Å². The average Bonchev–Trinajstić information content (AvgIpc) is 3.23. The fourth-order valence-electron chi connectivity index (χ4n) is 2.99. The number of halogens is 1. The van der Waals surface area contributed by atoms with Crippen LogP contribution in [0.2, 0.25) is 0 Å². The first-order valence-corrected chi connectivity index (χ1v) is 11.0. The molecule has 0 saturated carbocycles. The molecule has 0 fully saturated rings. The lowest BCUT2D eigenvalue weighted by molar-refractivity contribution is -0.113. The maximum absolute atomic E-state index is 13.7. The lowest BCUT2D eigenvalue weighted by atomic mass is 10.2. The van der Waals surface area contributed by atoms with Crippen molar-refractivity contribution in [2.24, 2.45) is 0 Å². The summed E-state index contributed by atoms with van der Waals surface area (Å²) < 4.78 is 25.9. The second kappa shape index (κ2) is 11.3. The van der Waals surface area contributed by atoms with Gasteiger partial charge in [-0.15, -0.1) is 10.2 Å². The SMILES string of the molecule is CCn1c(CNC(=O)c2ccc(OC)c(OC)c2)nnc1SCC(=O)Nc1ccccc1F. The number of benzene rings is 2. The van der Waals surface area contributed by atoms with Crippen molar-refractivity contribution < 1.29 is 23.5 Å². The van der Waals surface area contributed by atoms with Crippen LogP contribution in [0.1, 0.15) is 23.1 Å². The van der Waals surface area contributed by atoms with E-state index in [1.807, 2.05) is 6.92 Å². The van der Waals surface area contributed by atoms with Crippen LogP contribution in [-0.2, 0) is 17.9 Å². The Balaban J connectivity index is 1.59. The highest BCUT2D eigenvalue weighted by atomic mass is 32.2. The van der Waals surface area contributed by atoms with Gasteiger partial charge in [0.1, 0.15) is 5.82 Å². The Bertz CT molecular complexity index is 1140. The number of thioether (sulfide) groups is 1. The Morgan fingerprint density at radius 3 is 2.55 bits per heavy atom. The lowest BCUT2D eigenvalue weighted by Crippen LogP contribution is -2.25. The minimum atomic E-state index is -0.500. The number of anilines is 1. The van der Waals surface area contributed by atoms with Gasteiger partial charge in [0.05, 0.1) is 32.2 Å². The predicted octanol–water partition coefficient (Wildman–Crippen LogP) is 3.12. The zero-order chi connectivity index (χ0) is 23.8. The average molecular weight is 474 g/mol. The summed E-state index contributed by atoms with van der Waals surface area (Å²) in [5.41, 5.74) is 0.535. The molecular weight excluding hydrogens is 449 g/mol. The van der Waals surface area contributed by atoms with Crippen LogP contribution in [0.25, 0.3) is 0 Å². The molecule has 9 nitrogen and oxygen atoms in total. The first-order valence-electron chi connectivity index (χ1n) is 10.1. The largest absolute Gasteiger partial charge is 0.493 e. The van der Waals surface area contributed by atoms with Crippen LogP contribution >= 0.6 is 11.8 Å². The molecular formula is C22H24FN5O4S. The minimum Gasteiger partial charge on any atom is -0.493 e. The van der Waals surface area contributed by atoms with E-state index in [-0.39, 0.29) is 29.8 Å². The van der Waals surface area contributed by atoms with Crippen LogP contribution in [-0.4, -0.2) is 46.6 Å². The number of methoxy groups -OCH3 is 2. The molecule has 3 rings (SSSR count). The topological polar surface area (TPSA) is 107 Å². The van der Waals surface area contributed by atoms with Crippen LogP contribution in [0.3, 0.4) is 0 Å². The van der Waals surface area contributed by atoms with Crippen LogP contribution in [0, 0.1) is 5.82 Å². The molecule has 0 atom stereocenters. The summed E-state index contributed by atoms with van der Waals surface area (Å²) in [5.74, 6) is 0.391. The molecule has 2 amide bonds. The third kappa shape index (κ3) is 6.01. The van der Waals surface area contributed by atoms with E-state index in [0.29, 0.717) is 34.6 Å². The second-order valence-electron chi connectivity index (χ2n) is 6.71. The van der Waals surface area contributed by atoms with Gasteiger partial charge in [-0.1, -0.05) is 23.9 Å². The van der Waals surface area contributed by atoms with Gasteiger partial charge in [-0.05, 0) is 37.3 Å². The van der Waals surface area contributed by atoms with Crippen LogP contribution < -0.4 is 20.1 Å². The van der Waals surface area contributed by atoms with Gasteiger partial charge in [0.25, 0.3) is 5.91 Å². The number of aromatic nitrogens is 3. The van der Waals surface area contributed by atoms with Crippen LogP contribution in [0.5, 0.6) is 11.5 Å². The monoisotopic (exact) mass is 473 g/mol. The fraction of sp³-hybridized carbons (Fsp3) is 0.273. The van der Waals surface area contributed by atoms with Crippen molar-refractivity contribution in [3.8, 4) is 11.5 Å². The summed E-state index contributed by atoms with van der Waals surface area (Å²) in [5, 5.41) is 14.1. The number of carbonyl (C=O) groups excluding carboxylic acids is 2. The van der Waals surface area contributed by atoms with Gasteiger partial charge in [0.2, 0.25) is 5.91 Å². The molecule has 1 heterocycles. The molecule has 174 valence electrons. The minimum absolute atomic E-state index is 0.0322. The molecule has 11 heteroatoms. The molecule has 2 N–H and O–H groups in total. The molecule has 2 aromatic carbocycles. The standard InChI is InChI=1S/C22H24FN5O4S/c1-4-28-19(12-24-21(30)14-9-10-17(31-2)18(11-14)32-3)26-27-22(28)33-13-20(29)25-16-8-6-5-7-15(16)23/h5-11H,4,12-13H2,1-3H3,(H,24,30)(H,25,29). The molecule has 3 aromatic rings. The van der Waals surface area contributed by atoms with E-state index in [1.165, 1.54) is 38.1 Å². The Hall–Kier alpha value is -3.60. The van der Waals surface area contributed by atoms with Gasteiger partial charge in [-0.2, -0.15) is 0 Å². The van der Waals surface area contributed by atoms with Crippen molar-refractivity contribution in [2.45, 2.75) is 25.2 Å². The summed E-state index contributed by atoms with van der Waals surface area (Å²) in [7, 11) is 3.02. The molecule has 0 bridgehead atoms. The number of hydrogen-bond acceptors (Lipinski definition) is 7. The maximum atomic E-state index is 13.7. The van der Waals surface area contributed by atoms with E-state index >= 15 is 0 Å². The van der Waals surface area contributed by atoms with Gasteiger partial charge in [0, 0.05) is 12.1 Å². The van der Waals surface area contributed by atoms with Crippen molar-refractivity contribution in [3.05, 3.63) is 59.7 Å². The zero-order valence-electron chi connectivity index (χ0n) is 18.4. The maximum Gasteiger partial charge on any atom is 0.251 e. The Morgan fingerprint density at radius 2 is 1.85 bits per heavy atom. The molecule has 0 radical (unpaired) electrons. The van der Waals surface area contributed by atoms with E-state index < -0.39 is 5.82 Å². The molecule has 33 heavy (non-hydrogen) atoms. The van der Waals surface area contributed by atoms with E-state index in [9.17, 15) is 14.0 Å². The molecule has 0 spiro atoms. The number of para-hydroxylation sites is 1. The highest BCUT2D eigenvalue weighted by Gasteiger charge is 2.16. The molecule has 0 saturated heterocycles. The number of ether oxygens (including phenoxy) is 2. The molecule has 0 aliphatic carbocycles. The highest BCUT2D eigenvalue weighted by molar-refractivity contribution is 7.99. The first kappa shape index (κ1) is 24.1. The zero-order valence-corrected chi connectivity index (χ0v) is 19.2.